The second-order valence-electron chi connectivity index (χ2n) is 1.95. The van der Waals surface area contributed by atoms with Gasteiger partial charge >= 0.3 is 5.97 Å². The standard InChI is InChI=1S/C4H5N.C4H4O2.FH/c1-2-4-5-3-1;5-4-2-1-3-6-4;/h1-5H;1,3H,2H2;1H. The second-order valence-corrected chi connectivity index (χ2v) is 1.95. The smallest absolute Gasteiger partial charge is 0.314 e. The largest absolute Gasteiger partial charge is 0.435 e. The Bertz CT molecular complexity index is 204. The van der Waals surface area contributed by atoms with Crippen molar-refractivity contribution in [1.29, 1.82) is 0 Å². The Morgan fingerprint density at radius 3 is 2.17 bits per heavy atom. The highest BCUT2D eigenvalue weighted by Crippen LogP contribution is 1.96. The topological polar surface area (TPSA) is 42.1 Å². The Morgan fingerprint density at radius 1 is 1.33 bits per heavy atom. The number of esters is 1. The number of carbonyl (C=O) groups excluding carboxylic acids is 1. The van der Waals surface area contributed by atoms with Crippen LogP contribution in [0.2, 0.25) is 0 Å². The van der Waals surface area contributed by atoms with Crippen LogP contribution in [-0.2, 0) is 9.53 Å². The molecule has 0 unspecified atom stereocenters. The number of H-pyrrole nitrogens is 1. The predicted octanol–water partition coefficient (Wildman–Crippen LogP) is 1.61. The average Bonchev–Trinajstić information content (AvgIpc) is 2.57. The molecule has 0 saturated carbocycles. The summed E-state index contributed by atoms with van der Waals surface area (Å²) in [4.78, 5) is 12.8. The Balaban J connectivity index is 0.000000189. The van der Waals surface area contributed by atoms with E-state index >= 15 is 0 Å². The van der Waals surface area contributed by atoms with Gasteiger partial charge in [-0.3, -0.25) is 9.50 Å². The van der Waals surface area contributed by atoms with Crippen LogP contribution in [0.25, 0.3) is 0 Å². The van der Waals surface area contributed by atoms with E-state index in [4.69, 9.17) is 0 Å². The van der Waals surface area contributed by atoms with E-state index in [2.05, 4.69) is 9.72 Å². The van der Waals surface area contributed by atoms with Gasteiger partial charge in [0, 0.05) is 12.4 Å². The Labute approximate surface area is 69.4 Å². The van der Waals surface area contributed by atoms with Crippen LogP contribution in [0, 0.1) is 0 Å². The highest BCUT2D eigenvalue weighted by molar-refractivity contribution is 5.73. The van der Waals surface area contributed by atoms with Crippen LogP contribution in [0.4, 0.5) is 4.70 Å². The highest BCUT2D eigenvalue weighted by atomic mass is 19.0. The summed E-state index contributed by atoms with van der Waals surface area (Å²) in [6, 6.07) is 3.89. The molecule has 0 aromatic carbocycles. The minimum absolute atomic E-state index is 0. The zero-order valence-electron chi connectivity index (χ0n) is 6.40. The first-order chi connectivity index (χ1) is 5.39. The van der Waals surface area contributed by atoms with E-state index in [9.17, 15) is 4.79 Å². The summed E-state index contributed by atoms with van der Waals surface area (Å²) < 4.78 is 4.33. The summed E-state index contributed by atoms with van der Waals surface area (Å²) in [6.45, 7) is 0. The van der Waals surface area contributed by atoms with E-state index in [0.29, 0.717) is 6.42 Å². The molecule has 12 heavy (non-hydrogen) atoms. The molecule has 0 aliphatic carbocycles. The molecule has 0 atom stereocenters. The molecule has 0 spiro atoms. The van der Waals surface area contributed by atoms with Crippen molar-refractivity contribution >= 4 is 5.97 Å². The lowest BCUT2D eigenvalue weighted by Crippen LogP contribution is -1.87. The van der Waals surface area contributed by atoms with Crippen molar-refractivity contribution in [2.75, 3.05) is 0 Å². The molecule has 2 heterocycles. The lowest BCUT2D eigenvalue weighted by Gasteiger charge is -1.78. The van der Waals surface area contributed by atoms with Crippen LogP contribution < -0.4 is 0 Å². The van der Waals surface area contributed by atoms with Gasteiger partial charge in [0.2, 0.25) is 0 Å². The van der Waals surface area contributed by atoms with Gasteiger partial charge < -0.3 is 9.72 Å². The maximum Gasteiger partial charge on any atom is 0.314 e. The number of cyclic esters (lactones) is 1. The zero-order valence-corrected chi connectivity index (χ0v) is 6.40. The third kappa shape index (κ3) is 4.27. The van der Waals surface area contributed by atoms with Gasteiger partial charge in [-0.2, -0.15) is 0 Å². The molecule has 4 heteroatoms. The van der Waals surface area contributed by atoms with Gasteiger partial charge in [-0.05, 0) is 18.2 Å². The van der Waals surface area contributed by atoms with Gasteiger partial charge in [0.25, 0.3) is 0 Å². The van der Waals surface area contributed by atoms with Crippen molar-refractivity contribution in [1.82, 2.24) is 4.98 Å². The van der Waals surface area contributed by atoms with Crippen molar-refractivity contribution in [3.63, 3.8) is 0 Å². The first-order valence-electron chi connectivity index (χ1n) is 3.32. The number of halogens is 1. The number of rotatable bonds is 0. The summed E-state index contributed by atoms with van der Waals surface area (Å²) in [6.07, 6.45) is 7.28. The molecular weight excluding hydrogens is 161 g/mol. The maximum absolute atomic E-state index is 9.96. The molecule has 66 valence electrons. The summed E-state index contributed by atoms with van der Waals surface area (Å²) in [7, 11) is 0. The van der Waals surface area contributed by atoms with E-state index in [0.717, 1.165) is 0 Å². The lowest BCUT2D eigenvalue weighted by molar-refractivity contribution is -0.135. The fourth-order valence-electron chi connectivity index (χ4n) is 0.594. The summed E-state index contributed by atoms with van der Waals surface area (Å²) in [5.74, 6) is -0.157. The minimum Gasteiger partial charge on any atom is -0.435 e. The average molecular weight is 171 g/mol. The Hall–Kier alpha value is -1.58. The third-order valence-electron chi connectivity index (χ3n) is 1.08. The van der Waals surface area contributed by atoms with Crippen LogP contribution in [0.1, 0.15) is 6.42 Å². The first-order valence-corrected chi connectivity index (χ1v) is 3.32. The fraction of sp³-hybridized carbons (Fsp3) is 0.125. The molecule has 0 amide bonds. The third-order valence-corrected chi connectivity index (χ3v) is 1.08. The molecule has 1 aromatic heterocycles. The number of carbonyl (C=O) groups is 1. The quantitative estimate of drug-likeness (QED) is 0.602. The van der Waals surface area contributed by atoms with Crippen LogP contribution in [0.3, 0.4) is 0 Å². The van der Waals surface area contributed by atoms with Gasteiger partial charge in [0.05, 0.1) is 12.7 Å². The van der Waals surface area contributed by atoms with Crippen molar-refractivity contribution in [2.45, 2.75) is 6.42 Å². The number of hydrogen-bond donors (Lipinski definition) is 1. The van der Waals surface area contributed by atoms with Gasteiger partial charge in [-0.15, -0.1) is 0 Å². The zero-order chi connectivity index (χ0) is 7.94. The lowest BCUT2D eigenvalue weighted by atomic mass is 10.5. The van der Waals surface area contributed by atoms with Crippen LogP contribution >= 0.6 is 0 Å². The van der Waals surface area contributed by atoms with E-state index in [1.807, 2.05) is 24.5 Å². The summed E-state index contributed by atoms with van der Waals surface area (Å²) >= 11 is 0. The molecule has 1 N–H and O–H groups in total. The molecule has 0 saturated heterocycles. The van der Waals surface area contributed by atoms with E-state index in [-0.39, 0.29) is 10.7 Å². The number of hydrogen-bond acceptors (Lipinski definition) is 2. The number of nitrogens with one attached hydrogen (secondary N) is 1. The van der Waals surface area contributed by atoms with E-state index < -0.39 is 0 Å². The number of aromatic amines is 1. The summed E-state index contributed by atoms with van der Waals surface area (Å²) in [5.41, 5.74) is 0. The van der Waals surface area contributed by atoms with Crippen molar-refractivity contribution < 1.29 is 14.2 Å². The Kier molecular flexibility index (Phi) is 5.34. The molecule has 0 bridgehead atoms. The molecule has 0 fully saturated rings. The van der Waals surface area contributed by atoms with Crippen molar-refractivity contribution in [2.24, 2.45) is 0 Å². The van der Waals surface area contributed by atoms with Gasteiger partial charge in [0.15, 0.2) is 0 Å². The maximum atomic E-state index is 9.96. The molecule has 0 radical (unpaired) electrons. The molecule has 2 rings (SSSR count). The van der Waals surface area contributed by atoms with Crippen LogP contribution in [0.5, 0.6) is 0 Å². The Morgan fingerprint density at radius 2 is 2.00 bits per heavy atom. The van der Waals surface area contributed by atoms with E-state index in [1.165, 1.54) is 6.26 Å². The molecule has 1 aliphatic heterocycles. The van der Waals surface area contributed by atoms with E-state index in [1.54, 1.807) is 6.08 Å². The van der Waals surface area contributed by atoms with Crippen molar-refractivity contribution in [3.8, 4) is 0 Å². The number of ether oxygens (including phenoxy) is 1. The van der Waals surface area contributed by atoms with Gasteiger partial charge in [0.1, 0.15) is 0 Å². The molecule has 1 aromatic rings. The van der Waals surface area contributed by atoms with Gasteiger partial charge in [-0.1, -0.05) is 0 Å². The first kappa shape index (κ1) is 10.4. The van der Waals surface area contributed by atoms with Crippen LogP contribution in [-0.4, -0.2) is 11.0 Å². The summed E-state index contributed by atoms with van der Waals surface area (Å²) in [5, 5.41) is 0. The molecule has 3 nitrogen and oxygen atoms in total. The SMILES string of the molecule is F.O=C1CC=CO1.c1cc[nH]c1. The van der Waals surface area contributed by atoms with Crippen LogP contribution in [0.15, 0.2) is 36.9 Å². The fourth-order valence-corrected chi connectivity index (χ4v) is 0.594. The molecule has 1 aliphatic rings. The van der Waals surface area contributed by atoms with Gasteiger partial charge in [-0.25, -0.2) is 0 Å². The minimum atomic E-state index is -0.157. The number of aromatic nitrogens is 1. The molecular formula is C8H10FNO2. The second kappa shape index (κ2) is 6.15. The highest BCUT2D eigenvalue weighted by Gasteiger charge is 2.00. The van der Waals surface area contributed by atoms with Crippen molar-refractivity contribution in [3.05, 3.63) is 36.9 Å². The predicted molar refractivity (Wildman–Crippen MR) is 43.1 cm³/mol. The normalized spacial score (nSPS) is 12.5. The monoisotopic (exact) mass is 171 g/mol.